The summed E-state index contributed by atoms with van der Waals surface area (Å²) in [5.41, 5.74) is 3.67. The van der Waals surface area contributed by atoms with Crippen LogP contribution in [0.25, 0.3) is 0 Å². The predicted octanol–water partition coefficient (Wildman–Crippen LogP) is 2.96. The third-order valence-corrected chi connectivity index (χ3v) is 3.35. The minimum Gasteiger partial charge on any atom is -0.322 e. The number of anilines is 1. The van der Waals surface area contributed by atoms with Crippen molar-refractivity contribution in [2.45, 2.75) is 19.3 Å². The number of aryl methyl sites for hydroxylation is 2. The number of rotatable bonds is 2. The Bertz CT molecular complexity index is 640. The van der Waals surface area contributed by atoms with E-state index in [1.54, 1.807) is 0 Å². The van der Waals surface area contributed by atoms with Crippen LogP contribution in [0.2, 0.25) is 0 Å². The number of nitrogens with one attached hydrogen (secondary N) is 1. The van der Waals surface area contributed by atoms with E-state index < -0.39 is 5.95 Å². The number of halogens is 1. The van der Waals surface area contributed by atoms with Gasteiger partial charge in [-0.15, -0.1) is 0 Å². The van der Waals surface area contributed by atoms with Gasteiger partial charge in [-0.3, -0.25) is 4.79 Å². The Hall–Kier alpha value is -2.23. The van der Waals surface area contributed by atoms with Crippen LogP contribution in [0.15, 0.2) is 36.5 Å². The van der Waals surface area contributed by atoms with E-state index in [1.807, 2.05) is 18.2 Å². The average Bonchev–Trinajstić information content (AvgIpc) is 2.86. The highest BCUT2D eigenvalue weighted by Crippen LogP contribution is 2.25. The fraction of sp³-hybridized carbons (Fsp3) is 0.200. The molecule has 0 spiro atoms. The van der Waals surface area contributed by atoms with E-state index in [0.29, 0.717) is 0 Å². The Morgan fingerprint density at radius 3 is 2.84 bits per heavy atom. The SMILES string of the molecule is O=C(Nc1ccc2c(c1)CCC2)c1ccnc(F)c1. The molecule has 0 saturated carbocycles. The normalized spacial score (nSPS) is 13.1. The number of carbonyl (C=O) groups excluding carboxylic acids is 1. The maximum atomic E-state index is 13.0. The third-order valence-electron chi connectivity index (χ3n) is 3.35. The summed E-state index contributed by atoms with van der Waals surface area (Å²) in [6.45, 7) is 0. The van der Waals surface area contributed by atoms with E-state index in [0.717, 1.165) is 24.6 Å². The van der Waals surface area contributed by atoms with Crippen molar-refractivity contribution in [1.82, 2.24) is 4.98 Å². The second-order valence-electron chi connectivity index (χ2n) is 4.66. The number of nitrogens with zero attached hydrogens (tertiary/aromatic N) is 1. The van der Waals surface area contributed by atoms with E-state index >= 15 is 0 Å². The average molecular weight is 256 g/mol. The maximum absolute atomic E-state index is 13.0. The van der Waals surface area contributed by atoms with Crippen molar-refractivity contribution in [3.63, 3.8) is 0 Å². The molecule has 3 rings (SSSR count). The van der Waals surface area contributed by atoms with Crippen molar-refractivity contribution in [2.24, 2.45) is 0 Å². The van der Waals surface area contributed by atoms with E-state index in [4.69, 9.17) is 0 Å². The van der Waals surface area contributed by atoms with Gasteiger partial charge in [0.15, 0.2) is 0 Å². The van der Waals surface area contributed by atoms with Gasteiger partial charge in [-0.2, -0.15) is 4.39 Å². The largest absolute Gasteiger partial charge is 0.322 e. The maximum Gasteiger partial charge on any atom is 0.255 e. The zero-order valence-corrected chi connectivity index (χ0v) is 10.3. The number of pyridine rings is 1. The molecule has 0 bridgehead atoms. The number of amides is 1. The lowest BCUT2D eigenvalue weighted by Gasteiger charge is -2.07. The molecule has 0 radical (unpaired) electrons. The highest BCUT2D eigenvalue weighted by atomic mass is 19.1. The number of benzene rings is 1. The van der Waals surface area contributed by atoms with Crippen LogP contribution in [-0.2, 0) is 12.8 Å². The smallest absolute Gasteiger partial charge is 0.255 e. The van der Waals surface area contributed by atoms with Gasteiger partial charge >= 0.3 is 0 Å². The van der Waals surface area contributed by atoms with Crippen LogP contribution in [0.1, 0.15) is 27.9 Å². The third kappa shape index (κ3) is 2.47. The summed E-state index contributed by atoms with van der Waals surface area (Å²) in [5, 5.41) is 2.78. The van der Waals surface area contributed by atoms with Crippen molar-refractivity contribution in [2.75, 3.05) is 5.32 Å². The van der Waals surface area contributed by atoms with Crippen LogP contribution >= 0.6 is 0 Å². The fourth-order valence-corrected chi connectivity index (χ4v) is 2.40. The van der Waals surface area contributed by atoms with Crippen LogP contribution in [0.5, 0.6) is 0 Å². The van der Waals surface area contributed by atoms with Gasteiger partial charge in [-0.05, 0) is 48.6 Å². The Balaban J connectivity index is 1.80. The van der Waals surface area contributed by atoms with Crippen molar-refractivity contribution in [3.8, 4) is 0 Å². The summed E-state index contributed by atoms with van der Waals surface area (Å²) in [6.07, 6.45) is 4.62. The highest BCUT2D eigenvalue weighted by Gasteiger charge is 2.12. The van der Waals surface area contributed by atoms with Crippen LogP contribution in [0, 0.1) is 5.95 Å². The number of aromatic nitrogens is 1. The lowest BCUT2D eigenvalue weighted by Crippen LogP contribution is -2.12. The molecule has 4 heteroatoms. The number of carbonyl (C=O) groups is 1. The number of hydrogen-bond acceptors (Lipinski definition) is 2. The van der Waals surface area contributed by atoms with Crippen LogP contribution in [0.3, 0.4) is 0 Å². The zero-order valence-electron chi connectivity index (χ0n) is 10.3. The molecule has 1 heterocycles. The molecule has 1 amide bonds. The molecule has 96 valence electrons. The molecular formula is C15H13FN2O. The topological polar surface area (TPSA) is 42.0 Å². The van der Waals surface area contributed by atoms with E-state index in [2.05, 4.69) is 10.3 Å². The van der Waals surface area contributed by atoms with Crippen molar-refractivity contribution < 1.29 is 9.18 Å². The number of fused-ring (bicyclic) bond motifs is 1. The molecule has 0 unspecified atom stereocenters. The molecule has 1 aliphatic carbocycles. The Morgan fingerprint density at radius 2 is 2.00 bits per heavy atom. The molecule has 0 atom stereocenters. The minimum absolute atomic E-state index is 0.271. The van der Waals surface area contributed by atoms with Crippen molar-refractivity contribution in [1.29, 1.82) is 0 Å². The lowest BCUT2D eigenvalue weighted by molar-refractivity contribution is 0.102. The quantitative estimate of drug-likeness (QED) is 0.839. The first-order valence-corrected chi connectivity index (χ1v) is 6.27. The zero-order chi connectivity index (χ0) is 13.2. The Labute approximate surface area is 110 Å². The van der Waals surface area contributed by atoms with E-state index in [1.165, 1.54) is 29.8 Å². The van der Waals surface area contributed by atoms with Crippen LogP contribution < -0.4 is 5.32 Å². The molecule has 0 fully saturated rings. The van der Waals surface area contributed by atoms with Gasteiger partial charge in [0.1, 0.15) is 0 Å². The summed E-state index contributed by atoms with van der Waals surface area (Å²) in [7, 11) is 0. The summed E-state index contributed by atoms with van der Waals surface area (Å²) >= 11 is 0. The molecule has 1 aliphatic rings. The standard InChI is InChI=1S/C15H13FN2O/c16-14-9-12(6-7-17-14)15(19)18-13-5-4-10-2-1-3-11(10)8-13/h4-9H,1-3H2,(H,18,19). The molecule has 1 aromatic carbocycles. The lowest BCUT2D eigenvalue weighted by atomic mass is 10.1. The molecule has 1 N–H and O–H groups in total. The van der Waals surface area contributed by atoms with Crippen LogP contribution in [-0.4, -0.2) is 10.9 Å². The van der Waals surface area contributed by atoms with E-state index in [-0.39, 0.29) is 11.5 Å². The summed E-state index contributed by atoms with van der Waals surface area (Å²) in [5.74, 6) is -0.971. The molecular weight excluding hydrogens is 243 g/mol. The van der Waals surface area contributed by atoms with Gasteiger partial charge < -0.3 is 5.32 Å². The van der Waals surface area contributed by atoms with Crippen molar-refractivity contribution in [3.05, 3.63) is 59.2 Å². The summed E-state index contributed by atoms with van der Waals surface area (Å²) < 4.78 is 13.0. The summed E-state index contributed by atoms with van der Waals surface area (Å²) in [4.78, 5) is 15.4. The predicted molar refractivity (Wildman–Crippen MR) is 70.6 cm³/mol. The Kier molecular flexibility index (Phi) is 2.99. The first-order chi connectivity index (χ1) is 9.22. The molecule has 19 heavy (non-hydrogen) atoms. The second kappa shape index (κ2) is 4.80. The molecule has 2 aromatic rings. The molecule has 0 saturated heterocycles. The van der Waals surface area contributed by atoms with Gasteiger partial charge in [0.25, 0.3) is 5.91 Å². The van der Waals surface area contributed by atoms with Gasteiger partial charge in [-0.1, -0.05) is 6.07 Å². The molecule has 3 nitrogen and oxygen atoms in total. The van der Waals surface area contributed by atoms with Gasteiger partial charge in [0.2, 0.25) is 5.95 Å². The first kappa shape index (κ1) is 11.8. The van der Waals surface area contributed by atoms with Gasteiger partial charge in [0.05, 0.1) is 0 Å². The fourth-order valence-electron chi connectivity index (χ4n) is 2.40. The van der Waals surface area contributed by atoms with Crippen molar-refractivity contribution >= 4 is 11.6 Å². The van der Waals surface area contributed by atoms with Gasteiger partial charge in [-0.25, -0.2) is 4.98 Å². The molecule has 1 aromatic heterocycles. The second-order valence-corrected chi connectivity index (χ2v) is 4.66. The summed E-state index contributed by atoms with van der Waals surface area (Å²) in [6, 6.07) is 8.55. The molecule has 0 aliphatic heterocycles. The van der Waals surface area contributed by atoms with Crippen LogP contribution in [0.4, 0.5) is 10.1 Å². The monoisotopic (exact) mass is 256 g/mol. The minimum atomic E-state index is -0.651. The first-order valence-electron chi connectivity index (χ1n) is 6.27. The highest BCUT2D eigenvalue weighted by molar-refractivity contribution is 6.04. The Morgan fingerprint density at radius 1 is 1.16 bits per heavy atom. The number of hydrogen-bond donors (Lipinski definition) is 1. The van der Waals surface area contributed by atoms with Gasteiger partial charge in [0, 0.05) is 23.5 Å². The van der Waals surface area contributed by atoms with E-state index in [9.17, 15) is 9.18 Å².